The van der Waals surface area contributed by atoms with Crippen molar-refractivity contribution >= 4 is 11.7 Å². The van der Waals surface area contributed by atoms with Gasteiger partial charge >= 0.3 is 0 Å². The molecular formula is C21H21FN4O. The van der Waals surface area contributed by atoms with Crippen molar-refractivity contribution in [3.8, 4) is 11.3 Å². The molecule has 4 rings (SSSR count). The number of rotatable bonds is 3. The lowest BCUT2D eigenvalue weighted by atomic mass is 10.1. The van der Waals surface area contributed by atoms with Gasteiger partial charge < -0.3 is 14.8 Å². The van der Waals surface area contributed by atoms with Gasteiger partial charge in [-0.1, -0.05) is 6.07 Å². The predicted octanol–water partition coefficient (Wildman–Crippen LogP) is 3.49. The molecule has 1 fully saturated rings. The molecule has 27 heavy (non-hydrogen) atoms. The van der Waals surface area contributed by atoms with Crippen LogP contribution < -0.4 is 4.90 Å². The smallest absolute Gasteiger partial charge is 0.255 e. The molecule has 0 bridgehead atoms. The predicted molar refractivity (Wildman–Crippen MR) is 103 cm³/mol. The molecule has 3 aromatic rings. The summed E-state index contributed by atoms with van der Waals surface area (Å²) >= 11 is 0. The Balaban J connectivity index is 1.47. The first-order valence-electron chi connectivity index (χ1n) is 9.02. The van der Waals surface area contributed by atoms with Crippen LogP contribution in [0.2, 0.25) is 0 Å². The van der Waals surface area contributed by atoms with Crippen LogP contribution in [0.1, 0.15) is 16.1 Å². The number of aromatic amines is 1. The van der Waals surface area contributed by atoms with Crippen molar-refractivity contribution in [2.45, 2.75) is 6.92 Å². The molecule has 1 N–H and O–H groups in total. The number of pyridine rings is 1. The van der Waals surface area contributed by atoms with Gasteiger partial charge in [-0.15, -0.1) is 0 Å². The minimum absolute atomic E-state index is 0.0257. The molecule has 0 radical (unpaired) electrons. The van der Waals surface area contributed by atoms with E-state index in [2.05, 4.69) is 14.9 Å². The molecular weight excluding hydrogens is 343 g/mol. The van der Waals surface area contributed by atoms with Crippen molar-refractivity contribution in [1.82, 2.24) is 14.9 Å². The Morgan fingerprint density at radius 1 is 1.07 bits per heavy atom. The number of amides is 1. The number of piperazine rings is 1. The van der Waals surface area contributed by atoms with E-state index in [1.54, 1.807) is 18.3 Å². The molecule has 138 valence electrons. The van der Waals surface area contributed by atoms with Crippen LogP contribution in [0.5, 0.6) is 0 Å². The van der Waals surface area contributed by atoms with E-state index >= 15 is 0 Å². The van der Waals surface area contributed by atoms with Crippen molar-refractivity contribution < 1.29 is 9.18 Å². The van der Waals surface area contributed by atoms with Gasteiger partial charge in [-0.3, -0.25) is 4.79 Å². The van der Waals surface area contributed by atoms with Gasteiger partial charge in [-0.25, -0.2) is 9.37 Å². The van der Waals surface area contributed by atoms with Crippen molar-refractivity contribution in [3.63, 3.8) is 0 Å². The molecule has 1 aliphatic rings. The van der Waals surface area contributed by atoms with Crippen LogP contribution in [-0.4, -0.2) is 47.0 Å². The van der Waals surface area contributed by atoms with E-state index in [4.69, 9.17) is 0 Å². The summed E-state index contributed by atoms with van der Waals surface area (Å²) < 4.78 is 13.1. The zero-order valence-electron chi connectivity index (χ0n) is 15.2. The van der Waals surface area contributed by atoms with Crippen LogP contribution >= 0.6 is 0 Å². The monoisotopic (exact) mass is 364 g/mol. The van der Waals surface area contributed by atoms with Crippen molar-refractivity contribution in [3.05, 3.63) is 71.8 Å². The summed E-state index contributed by atoms with van der Waals surface area (Å²) in [7, 11) is 0. The highest BCUT2D eigenvalue weighted by atomic mass is 19.1. The Morgan fingerprint density at radius 3 is 2.48 bits per heavy atom. The summed E-state index contributed by atoms with van der Waals surface area (Å²) in [4.78, 5) is 24.7. The van der Waals surface area contributed by atoms with Crippen molar-refractivity contribution in [2.75, 3.05) is 31.1 Å². The Morgan fingerprint density at radius 2 is 1.81 bits per heavy atom. The number of nitrogens with zero attached hydrogens (tertiary/aromatic N) is 3. The van der Waals surface area contributed by atoms with Crippen LogP contribution in [0.25, 0.3) is 11.3 Å². The number of hydrogen-bond donors (Lipinski definition) is 1. The van der Waals surface area contributed by atoms with Crippen molar-refractivity contribution in [2.24, 2.45) is 0 Å². The summed E-state index contributed by atoms with van der Waals surface area (Å²) in [5.74, 6) is 0.697. The zero-order valence-corrected chi connectivity index (χ0v) is 15.2. The van der Waals surface area contributed by atoms with Gasteiger partial charge in [-0.05, 0) is 55.0 Å². The number of aryl methyl sites for hydroxylation is 1. The summed E-state index contributed by atoms with van der Waals surface area (Å²) in [6, 6.07) is 14.0. The number of anilines is 1. The second-order valence-electron chi connectivity index (χ2n) is 6.70. The molecule has 0 atom stereocenters. The highest BCUT2D eigenvalue weighted by molar-refractivity contribution is 5.97. The van der Waals surface area contributed by atoms with Gasteiger partial charge in [-0.2, -0.15) is 0 Å². The maximum absolute atomic E-state index is 13.1. The van der Waals surface area contributed by atoms with E-state index in [-0.39, 0.29) is 11.7 Å². The van der Waals surface area contributed by atoms with Gasteiger partial charge in [0.25, 0.3) is 5.91 Å². The number of nitrogens with one attached hydrogen (secondary N) is 1. The Bertz CT molecular complexity index is 929. The third-order valence-corrected chi connectivity index (χ3v) is 4.94. The summed E-state index contributed by atoms with van der Waals surface area (Å²) in [5.41, 5.74) is 3.17. The lowest BCUT2D eigenvalue weighted by Crippen LogP contribution is -2.49. The Kier molecular flexibility index (Phi) is 4.62. The maximum Gasteiger partial charge on any atom is 0.255 e. The van der Waals surface area contributed by atoms with Crippen LogP contribution in [0.4, 0.5) is 10.2 Å². The van der Waals surface area contributed by atoms with E-state index in [0.717, 1.165) is 35.9 Å². The average molecular weight is 364 g/mol. The molecule has 0 unspecified atom stereocenters. The average Bonchev–Trinajstić information content (AvgIpc) is 3.10. The third kappa shape index (κ3) is 3.56. The number of benzene rings is 1. The second-order valence-corrected chi connectivity index (χ2v) is 6.70. The number of H-pyrrole nitrogens is 1. The lowest BCUT2D eigenvalue weighted by Gasteiger charge is -2.35. The van der Waals surface area contributed by atoms with E-state index in [1.807, 2.05) is 36.1 Å². The van der Waals surface area contributed by atoms with Gasteiger partial charge in [0.15, 0.2) is 0 Å². The van der Waals surface area contributed by atoms with E-state index in [0.29, 0.717) is 18.7 Å². The molecule has 1 aromatic carbocycles. The largest absolute Gasteiger partial charge is 0.358 e. The number of aromatic nitrogens is 2. The van der Waals surface area contributed by atoms with Crippen LogP contribution in [0, 0.1) is 12.7 Å². The fourth-order valence-electron chi connectivity index (χ4n) is 3.41. The Labute approximate surface area is 157 Å². The molecule has 6 heteroatoms. The fraction of sp³-hybridized carbons (Fsp3) is 0.238. The van der Waals surface area contributed by atoms with Gasteiger partial charge in [0, 0.05) is 43.8 Å². The van der Waals surface area contributed by atoms with Gasteiger partial charge in [0.05, 0.1) is 5.56 Å². The van der Waals surface area contributed by atoms with E-state index in [9.17, 15) is 9.18 Å². The van der Waals surface area contributed by atoms with Crippen LogP contribution in [0.3, 0.4) is 0 Å². The molecule has 3 heterocycles. The minimum atomic E-state index is -0.274. The number of carbonyl (C=O) groups is 1. The van der Waals surface area contributed by atoms with Gasteiger partial charge in [0.1, 0.15) is 11.6 Å². The molecule has 0 saturated carbocycles. The number of hydrogen-bond acceptors (Lipinski definition) is 3. The van der Waals surface area contributed by atoms with E-state index < -0.39 is 0 Å². The summed E-state index contributed by atoms with van der Waals surface area (Å²) in [5, 5.41) is 0. The molecule has 1 amide bonds. The molecule has 0 spiro atoms. The first-order chi connectivity index (χ1) is 13.1. The maximum atomic E-state index is 13.1. The third-order valence-electron chi connectivity index (χ3n) is 4.94. The second kappa shape index (κ2) is 7.23. The first-order valence-corrected chi connectivity index (χ1v) is 9.02. The number of halogens is 1. The first kappa shape index (κ1) is 17.3. The highest BCUT2D eigenvalue weighted by Gasteiger charge is 2.25. The summed E-state index contributed by atoms with van der Waals surface area (Å²) in [6.45, 7) is 4.73. The Hall–Kier alpha value is -3.15. The standard InChI is InChI=1S/C21H21FN4O/c1-15-18(14-19(24-15)16-5-7-17(22)8-6-16)21(27)26-12-10-25(11-13-26)20-4-2-3-9-23-20/h2-9,14,24H,10-13H2,1H3. The van der Waals surface area contributed by atoms with Gasteiger partial charge in [0.2, 0.25) is 0 Å². The molecule has 1 saturated heterocycles. The fourth-order valence-corrected chi connectivity index (χ4v) is 3.41. The quantitative estimate of drug-likeness (QED) is 0.774. The summed E-state index contributed by atoms with van der Waals surface area (Å²) in [6.07, 6.45) is 1.78. The van der Waals surface area contributed by atoms with Crippen LogP contribution in [0.15, 0.2) is 54.7 Å². The normalized spacial score (nSPS) is 14.4. The van der Waals surface area contributed by atoms with Crippen LogP contribution in [-0.2, 0) is 0 Å². The molecule has 2 aromatic heterocycles. The highest BCUT2D eigenvalue weighted by Crippen LogP contribution is 2.24. The SMILES string of the molecule is Cc1[nH]c(-c2ccc(F)cc2)cc1C(=O)N1CCN(c2ccccn2)CC1. The zero-order chi connectivity index (χ0) is 18.8. The number of carbonyl (C=O) groups excluding carboxylic acids is 1. The molecule has 0 aliphatic carbocycles. The molecule has 1 aliphatic heterocycles. The minimum Gasteiger partial charge on any atom is -0.358 e. The van der Waals surface area contributed by atoms with E-state index in [1.165, 1.54) is 12.1 Å². The lowest BCUT2D eigenvalue weighted by molar-refractivity contribution is 0.0746. The molecule has 5 nitrogen and oxygen atoms in total. The van der Waals surface area contributed by atoms with Crippen molar-refractivity contribution in [1.29, 1.82) is 0 Å². The topological polar surface area (TPSA) is 52.2 Å².